The van der Waals surface area contributed by atoms with Crippen LogP contribution >= 0.6 is 47.8 Å². The molecule has 2 aromatic rings. The van der Waals surface area contributed by atoms with Gasteiger partial charge in [-0.05, 0) is 91.8 Å². The van der Waals surface area contributed by atoms with Gasteiger partial charge >= 0.3 is 0 Å². The smallest absolute Gasteiger partial charge is 0.240 e. The zero-order valence-corrected chi connectivity index (χ0v) is 19.8. The summed E-state index contributed by atoms with van der Waals surface area (Å²) >= 11 is 8.83. The molecule has 5 nitrogen and oxygen atoms in total. The van der Waals surface area contributed by atoms with Crippen molar-refractivity contribution in [3.8, 4) is 0 Å². The Kier molecular flexibility index (Phi) is 5.91. The van der Waals surface area contributed by atoms with Crippen molar-refractivity contribution in [2.24, 2.45) is 0 Å². The van der Waals surface area contributed by atoms with E-state index in [0.29, 0.717) is 11.1 Å². The lowest BCUT2D eigenvalue weighted by Crippen LogP contribution is -2.19. The molecule has 0 atom stereocenters. The molecule has 0 saturated heterocycles. The number of sulfone groups is 2. The molecule has 0 bridgehead atoms. The van der Waals surface area contributed by atoms with Gasteiger partial charge in [-0.25, -0.2) is 21.8 Å². The van der Waals surface area contributed by atoms with Crippen LogP contribution in [0.3, 0.4) is 0 Å². The number of hydrogen-bond donors (Lipinski definition) is 0. The van der Waals surface area contributed by atoms with Crippen molar-refractivity contribution in [2.45, 2.75) is 37.1 Å². The van der Waals surface area contributed by atoms with Gasteiger partial charge in [0.15, 0.2) is 5.03 Å². The molecule has 25 heavy (non-hydrogen) atoms. The molecular weight excluding hydrogens is 562 g/mol. The average Bonchev–Trinajstić information content (AvgIpc) is 2.44. The molecule has 136 valence electrons. The van der Waals surface area contributed by atoms with E-state index in [0.717, 1.165) is 11.8 Å². The van der Waals surface area contributed by atoms with Crippen LogP contribution in [0.1, 0.15) is 16.7 Å². The molecular formula is C15H14Br3NO4S2. The third-order valence-corrected chi connectivity index (χ3v) is 10.8. The molecule has 1 aromatic carbocycles. The fourth-order valence-electron chi connectivity index (χ4n) is 2.51. The fourth-order valence-corrected chi connectivity index (χ4v) is 6.32. The largest absolute Gasteiger partial charge is 0.243 e. The highest BCUT2D eigenvalue weighted by Gasteiger charge is 2.38. The summed E-state index contributed by atoms with van der Waals surface area (Å²) in [6.07, 6.45) is 1.06. The van der Waals surface area contributed by atoms with Crippen molar-refractivity contribution in [3.63, 3.8) is 0 Å². The minimum absolute atomic E-state index is 0.0641. The van der Waals surface area contributed by atoms with Crippen molar-refractivity contribution in [1.82, 2.24) is 4.98 Å². The van der Waals surface area contributed by atoms with E-state index >= 15 is 0 Å². The maximum absolute atomic E-state index is 12.9. The second kappa shape index (κ2) is 7.03. The summed E-state index contributed by atoms with van der Waals surface area (Å²) in [5, 5.41) is -0.269. The minimum atomic E-state index is -3.88. The molecule has 0 N–H and O–H groups in total. The molecule has 0 fully saturated rings. The summed E-state index contributed by atoms with van der Waals surface area (Å²) < 4.78 is 48.8. The van der Waals surface area contributed by atoms with Gasteiger partial charge in [-0.15, -0.1) is 0 Å². The van der Waals surface area contributed by atoms with Crippen LogP contribution in [-0.4, -0.2) is 23.3 Å². The molecule has 0 amide bonds. The number of aromatic nitrogens is 1. The van der Waals surface area contributed by atoms with Crippen LogP contribution in [0.4, 0.5) is 0 Å². The van der Waals surface area contributed by atoms with Crippen molar-refractivity contribution in [1.29, 1.82) is 0 Å². The minimum Gasteiger partial charge on any atom is -0.243 e. The third-order valence-electron chi connectivity index (χ3n) is 3.47. The van der Waals surface area contributed by atoms with E-state index in [4.69, 9.17) is 0 Å². The monoisotopic (exact) mass is 573 g/mol. The van der Waals surface area contributed by atoms with Crippen LogP contribution in [0.15, 0.2) is 45.3 Å². The van der Waals surface area contributed by atoms with Crippen LogP contribution in [-0.2, 0) is 19.7 Å². The fraction of sp³-hybridized carbons (Fsp3) is 0.267. The summed E-state index contributed by atoms with van der Waals surface area (Å²) in [5.74, 6) is 0. The molecule has 0 saturated carbocycles. The summed E-state index contributed by atoms with van der Waals surface area (Å²) in [7, 11) is -7.69. The van der Waals surface area contributed by atoms with E-state index in [1.54, 1.807) is 26.0 Å². The highest BCUT2D eigenvalue weighted by atomic mass is 80.0. The van der Waals surface area contributed by atoms with Gasteiger partial charge in [-0.1, -0.05) is 17.7 Å². The molecule has 0 aliphatic carbocycles. The standard InChI is InChI=1S/C15H14Br3NO4S2/c1-9-6-10(2)14(11(3)7-9)24(20,21)12-4-5-13(19-8-12)25(22,23)15(16,17)18/h4-8H,1-3H3. The quantitative estimate of drug-likeness (QED) is 0.507. The van der Waals surface area contributed by atoms with E-state index in [-0.39, 0.29) is 14.8 Å². The molecule has 0 aliphatic rings. The molecule has 10 heteroatoms. The Balaban J connectivity index is 2.58. The number of halogens is 3. The average molecular weight is 576 g/mol. The third kappa shape index (κ3) is 4.02. The molecule has 0 unspecified atom stereocenters. The highest BCUT2D eigenvalue weighted by molar-refractivity contribution is 9.42. The molecule has 0 radical (unpaired) electrons. The second-order valence-electron chi connectivity index (χ2n) is 5.51. The first-order valence-electron chi connectivity index (χ1n) is 6.89. The van der Waals surface area contributed by atoms with Gasteiger partial charge in [-0.3, -0.25) is 0 Å². The Morgan fingerprint density at radius 1 is 0.920 bits per heavy atom. The van der Waals surface area contributed by atoms with E-state index in [9.17, 15) is 16.8 Å². The molecule has 0 spiro atoms. The summed E-state index contributed by atoms with van der Waals surface area (Å²) in [6.45, 7) is 5.35. The molecule has 1 heterocycles. The number of rotatable bonds is 3. The van der Waals surface area contributed by atoms with E-state index in [1.165, 1.54) is 12.1 Å². The molecule has 0 aliphatic heterocycles. The number of nitrogens with zero attached hydrogens (tertiary/aromatic N) is 1. The van der Waals surface area contributed by atoms with Gasteiger partial charge in [0, 0.05) is 6.20 Å². The van der Waals surface area contributed by atoms with Gasteiger partial charge in [0.05, 0.1) is 9.79 Å². The van der Waals surface area contributed by atoms with Crippen LogP contribution in [0, 0.1) is 20.8 Å². The van der Waals surface area contributed by atoms with E-state index in [2.05, 4.69) is 52.8 Å². The summed E-state index contributed by atoms with van der Waals surface area (Å²) in [6, 6.07) is 5.99. The van der Waals surface area contributed by atoms with Gasteiger partial charge in [-0.2, -0.15) is 0 Å². The van der Waals surface area contributed by atoms with Crippen LogP contribution in [0.5, 0.6) is 0 Å². The number of benzene rings is 1. The zero-order chi connectivity index (χ0) is 19.2. The Labute approximate surface area is 172 Å². The highest BCUT2D eigenvalue weighted by Crippen LogP contribution is 2.42. The lowest BCUT2D eigenvalue weighted by Gasteiger charge is -2.14. The van der Waals surface area contributed by atoms with Crippen LogP contribution in [0.25, 0.3) is 0 Å². The van der Waals surface area contributed by atoms with Crippen molar-refractivity contribution in [2.75, 3.05) is 0 Å². The van der Waals surface area contributed by atoms with Gasteiger partial charge in [0.25, 0.3) is 0 Å². The predicted molar refractivity (Wildman–Crippen MR) is 107 cm³/mol. The zero-order valence-electron chi connectivity index (χ0n) is 13.4. The van der Waals surface area contributed by atoms with Gasteiger partial charge in [0.2, 0.25) is 21.1 Å². The summed E-state index contributed by atoms with van der Waals surface area (Å²) in [4.78, 5) is 3.98. The Bertz CT molecular complexity index is 1000. The van der Waals surface area contributed by atoms with Crippen molar-refractivity contribution in [3.05, 3.63) is 47.2 Å². The summed E-state index contributed by atoms with van der Waals surface area (Å²) in [5.41, 5.74) is 2.24. The number of pyridine rings is 1. The van der Waals surface area contributed by atoms with E-state index in [1.807, 2.05) is 6.92 Å². The second-order valence-corrected chi connectivity index (χ2v) is 17.8. The van der Waals surface area contributed by atoms with E-state index < -0.39 is 21.1 Å². The maximum atomic E-state index is 12.9. The number of aryl methyl sites for hydroxylation is 3. The van der Waals surface area contributed by atoms with Crippen molar-refractivity contribution < 1.29 is 16.8 Å². The van der Waals surface area contributed by atoms with Crippen molar-refractivity contribution >= 4 is 67.5 Å². The lowest BCUT2D eigenvalue weighted by atomic mass is 10.1. The Morgan fingerprint density at radius 2 is 1.44 bits per heavy atom. The van der Waals surface area contributed by atoms with Gasteiger partial charge in [0.1, 0.15) is 0 Å². The SMILES string of the molecule is Cc1cc(C)c(S(=O)(=O)c2ccc(S(=O)(=O)C(Br)(Br)Br)nc2)c(C)c1. The predicted octanol–water partition coefficient (Wildman–Crippen LogP) is 4.41. The normalized spacial score (nSPS) is 13.0. The number of hydrogen-bond acceptors (Lipinski definition) is 5. The first-order chi connectivity index (χ1) is 11.3. The first kappa shape index (κ1) is 21.0. The lowest BCUT2D eigenvalue weighted by molar-refractivity contribution is 0.589. The topological polar surface area (TPSA) is 81.2 Å². The van der Waals surface area contributed by atoms with Gasteiger partial charge < -0.3 is 0 Å². The first-order valence-corrected chi connectivity index (χ1v) is 12.2. The number of alkyl halides is 3. The maximum Gasteiger partial charge on any atom is 0.240 e. The van der Waals surface area contributed by atoms with Crippen LogP contribution < -0.4 is 0 Å². The molecule has 1 aromatic heterocycles. The van der Waals surface area contributed by atoms with Crippen LogP contribution in [0.2, 0.25) is 0 Å². The Hall–Kier alpha value is -0.290. The Morgan fingerprint density at radius 3 is 1.84 bits per heavy atom. The molecule has 2 rings (SSSR count).